The van der Waals surface area contributed by atoms with Gasteiger partial charge in [0.2, 0.25) is 11.0 Å². The number of anilines is 1. The summed E-state index contributed by atoms with van der Waals surface area (Å²) in [4.78, 5) is 12.2. The Morgan fingerprint density at radius 2 is 1.85 bits per heavy atom. The highest BCUT2D eigenvalue weighted by Gasteiger charge is 2.13. The number of hydrogen-bond donors (Lipinski definition) is 1. The minimum Gasteiger partial charge on any atom is -0.486 e. The highest BCUT2D eigenvalue weighted by Crippen LogP contribution is 2.31. The first-order valence-electron chi connectivity index (χ1n) is 8.35. The molecule has 132 valence electrons. The number of aromatic nitrogens is 2. The number of rotatable bonds is 5. The first kappa shape index (κ1) is 16.5. The average Bonchev–Trinajstić information content (AvgIpc) is 3.15. The number of amides is 1. The summed E-state index contributed by atoms with van der Waals surface area (Å²) < 4.78 is 11.1. The average molecular weight is 367 g/mol. The summed E-state index contributed by atoms with van der Waals surface area (Å²) >= 11 is 1.36. The molecule has 0 bridgehead atoms. The van der Waals surface area contributed by atoms with Gasteiger partial charge in [0.15, 0.2) is 11.5 Å². The zero-order valence-corrected chi connectivity index (χ0v) is 14.8. The van der Waals surface area contributed by atoms with Crippen LogP contribution in [0.3, 0.4) is 0 Å². The lowest BCUT2D eigenvalue weighted by atomic mass is 10.1. The van der Waals surface area contributed by atoms with Gasteiger partial charge in [-0.05, 0) is 24.1 Å². The number of nitrogens with one attached hydrogen (secondary N) is 1. The molecule has 1 aliphatic heterocycles. The van der Waals surface area contributed by atoms with Crippen molar-refractivity contribution >= 4 is 22.4 Å². The van der Waals surface area contributed by atoms with Crippen LogP contribution in [0.15, 0.2) is 48.5 Å². The molecule has 4 rings (SSSR count). The third kappa shape index (κ3) is 3.83. The molecular weight excluding hydrogens is 350 g/mol. The fraction of sp³-hybridized carbons (Fsp3) is 0.211. The van der Waals surface area contributed by atoms with Crippen LogP contribution in [0.25, 0.3) is 10.6 Å². The number of fused-ring (bicyclic) bond motifs is 1. The van der Waals surface area contributed by atoms with E-state index in [4.69, 9.17) is 9.47 Å². The van der Waals surface area contributed by atoms with E-state index in [-0.39, 0.29) is 5.91 Å². The second-order valence-corrected chi connectivity index (χ2v) is 6.78. The second kappa shape index (κ2) is 7.53. The first-order chi connectivity index (χ1) is 12.8. The smallest absolute Gasteiger partial charge is 0.226 e. The van der Waals surface area contributed by atoms with Crippen LogP contribution < -0.4 is 14.8 Å². The molecule has 0 saturated carbocycles. The Morgan fingerprint density at radius 1 is 1.04 bits per heavy atom. The van der Waals surface area contributed by atoms with Crippen molar-refractivity contribution in [2.45, 2.75) is 12.8 Å². The van der Waals surface area contributed by atoms with Crippen molar-refractivity contribution in [3.05, 3.63) is 54.1 Å². The Balaban J connectivity index is 1.34. The molecule has 0 radical (unpaired) electrons. The van der Waals surface area contributed by atoms with E-state index in [1.165, 1.54) is 11.3 Å². The maximum absolute atomic E-state index is 12.2. The molecule has 1 amide bonds. The molecule has 1 N–H and O–H groups in total. The maximum atomic E-state index is 12.2. The Morgan fingerprint density at radius 3 is 2.69 bits per heavy atom. The van der Waals surface area contributed by atoms with Gasteiger partial charge in [0, 0.05) is 12.0 Å². The molecule has 0 fully saturated rings. The SMILES string of the molecule is O=C(CCc1ccc2c(c1)OCCO2)Nc1nnc(-c2ccccc2)s1. The summed E-state index contributed by atoms with van der Waals surface area (Å²) in [5, 5.41) is 12.3. The largest absolute Gasteiger partial charge is 0.486 e. The number of carbonyl (C=O) groups is 1. The molecule has 1 aliphatic rings. The molecule has 1 aromatic heterocycles. The van der Waals surface area contributed by atoms with E-state index < -0.39 is 0 Å². The van der Waals surface area contributed by atoms with E-state index in [2.05, 4.69) is 15.5 Å². The summed E-state index contributed by atoms with van der Waals surface area (Å²) in [5.74, 6) is 1.41. The van der Waals surface area contributed by atoms with Crippen molar-refractivity contribution in [1.82, 2.24) is 10.2 Å². The van der Waals surface area contributed by atoms with E-state index in [0.29, 0.717) is 31.2 Å². The van der Waals surface area contributed by atoms with Gasteiger partial charge < -0.3 is 14.8 Å². The fourth-order valence-electron chi connectivity index (χ4n) is 2.65. The molecule has 7 heteroatoms. The summed E-state index contributed by atoms with van der Waals surface area (Å²) in [5.41, 5.74) is 2.02. The number of nitrogens with zero attached hydrogens (tertiary/aromatic N) is 2. The van der Waals surface area contributed by atoms with Gasteiger partial charge in [-0.1, -0.05) is 47.7 Å². The van der Waals surface area contributed by atoms with Crippen molar-refractivity contribution in [3.63, 3.8) is 0 Å². The zero-order chi connectivity index (χ0) is 17.8. The molecule has 0 atom stereocenters. The quantitative estimate of drug-likeness (QED) is 0.747. The third-order valence-electron chi connectivity index (χ3n) is 3.94. The van der Waals surface area contributed by atoms with Crippen molar-refractivity contribution < 1.29 is 14.3 Å². The minimum atomic E-state index is -0.0874. The predicted octanol–water partition coefficient (Wildman–Crippen LogP) is 3.55. The monoisotopic (exact) mass is 367 g/mol. The summed E-state index contributed by atoms with van der Waals surface area (Å²) in [6, 6.07) is 15.6. The molecule has 2 aromatic carbocycles. The van der Waals surface area contributed by atoms with Crippen LogP contribution in [0, 0.1) is 0 Å². The van der Waals surface area contributed by atoms with Crippen molar-refractivity contribution in [2.75, 3.05) is 18.5 Å². The van der Waals surface area contributed by atoms with Crippen LogP contribution in [0.1, 0.15) is 12.0 Å². The van der Waals surface area contributed by atoms with Crippen LogP contribution in [-0.4, -0.2) is 29.3 Å². The Labute approximate surface area is 154 Å². The molecule has 0 saturated heterocycles. The van der Waals surface area contributed by atoms with Gasteiger partial charge >= 0.3 is 0 Å². The fourth-order valence-corrected chi connectivity index (χ4v) is 3.42. The first-order valence-corrected chi connectivity index (χ1v) is 9.17. The van der Waals surface area contributed by atoms with Crippen LogP contribution in [-0.2, 0) is 11.2 Å². The van der Waals surface area contributed by atoms with Gasteiger partial charge in [0.05, 0.1) is 0 Å². The summed E-state index contributed by atoms with van der Waals surface area (Å²) in [6.07, 6.45) is 0.979. The number of hydrogen-bond acceptors (Lipinski definition) is 6. The summed E-state index contributed by atoms with van der Waals surface area (Å²) in [7, 11) is 0. The van der Waals surface area contributed by atoms with Gasteiger partial charge in [0.1, 0.15) is 18.2 Å². The number of carbonyl (C=O) groups excluding carboxylic acids is 1. The van der Waals surface area contributed by atoms with Crippen molar-refractivity contribution in [3.8, 4) is 22.1 Å². The third-order valence-corrected chi connectivity index (χ3v) is 4.83. The molecule has 26 heavy (non-hydrogen) atoms. The van der Waals surface area contributed by atoms with E-state index >= 15 is 0 Å². The second-order valence-electron chi connectivity index (χ2n) is 5.80. The summed E-state index contributed by atoms with van der Waals surface area (Å²) in [6.45, 7) is 1.12. The molecule has 0 unspecified atom stereocenters. The topological polar surface area (TPSA) is 73.3 Å². The highest BCUT2D eigenvalue weighted by atomic mass is 32.1. The van der Waals surface area contributed by atoms with E-state index in [9.17, 15) is 4.79 Å². The minimum absolute atomic E-state index is 0.0874. The number of aryl methyl sites for hydroxylation is 1. The standard InChI is InChI=1S/C19H17N3O3S/c23-17(9-7-13-6-8-15-16(12-13)25-11-10-24-15)20-19-22-21-18(26-19)14-4-2-1-3-5-14/h1-6,8,12H,7,9-11H2,(H,20,22,23). The van der Waals surface area contributed by atoms with E-state index in [1.807, 2.05) is 48.5 Å². The van der Waals surface area contributed by atoms with Gasteiger partial charge in [-0.25, -0.2) is 0 Å². The van der Waals surface area contributed by atoms with Crippen LogP contribution in [0.2, 0.25) is 0 Å². The lowest BCUT2D eigenvalue weighted by Gasteiger charge is -2.18. The lowest BCUT2D eigenvalue weighted by molar-refractivity contribution is -0.116. The van der Waals surface area contributed by atoms with Gasteiger partial charge in [-0.3, -0.25) is 4.79 Å². The molecule has 2 heterocycles. The van der Waals surface area contributed by atoms with E-state index in [0.717, 1.165) is 27.6 Å². The number of ether oxygens (including phenoxy) is 2. The van der Waals surface area contributed by atoms with E-state index in [1.54, 1.807) is 0 Å². The number of benzene rings is 2. The maximum Gasteiger partial charge on any atom is 0.226 e. The zero-order valence-electron chi connectivity index (χ0n) is 14.0. The van der Waals surface area contributed by atoms with Crippen LogP contribution in [0.5, 0.6) is 11.5 Å². The van der Waals surface area contributed by atoms with Crippen molar-refractivity contribution in [2.24, 2.45) is 0 Å². The normalized spacial score (nSPS) is 12.6. The Bertz CT molecular complexity index is 911. The molecule has 0 spiro atoms. The van der Waals surface area contributed by atoms with Gasteiger partial charge in [0.25, 0.3) is 0 Å². The molecular formula is C19H17N3O3S. The van der Waals surface area contributed by atoms with Crippen LogP contribution >= 0.6 is 11.3 Å². The lowest BCUT2D eigenvalue weighted by Crippen LogP contribution is -2.15. The molecule has 6 nitrogen and oxygen atoms in total. The van der Waals surface area contributed by atoms with Crippen molar-refractivity contribution in [1.29, 1.82) is 0 Å². The van der Waals surface area contributed by atoms with Crippen LogP contribution in [0.4, 0.5) is 5.13 Å². The predicted molar refractivity (Wildman–Crippen MR) is 99.7 cm³/mol. The highest BCUT2D eigenvalue weighted by molar-refractivity contribution is 7.18. The molecule has 3 aromatic rings. The Kier molecular flexibility index (Phi) is 4.79. The Hall–Kier alpha value is -2.93. The van der Waals surface area contributed by atoms with Gasteiger partial charge in [-0.15, -0.1) is 10.2 Å². The molecule has 0 aliphatic carbocycles. The van der Waals surface area contributed by atoms with Gasteiger partial charge in [-0.2, -0.15) is 0 Å².